The minimum absolute atomic E-state index is 0.0481. The highest BCUT2D eigenvalue weighted by molar-refractivity contribution is 5.89. The first-order valence-electron chi connectivity index (χ1n) is 9.56. The van der Waals surface area contributed by atoms with Gasteiger partial charge in [-0.3, -0.25) is 4.68 Å². The summed E-state index contributed by atoms with van der Waals surface area (Å²) in [6, 6.07) is 9.35. The van der Waals surface area contributed by atoms with Crippen molar-refractivity contribution >= 4 is 11.7 Å². The molecule has 2 atom stereocenters. The molecule has 3 N–H and O–H groups in total. The molecule has 1 saturated carbocycles. The van der Waals surface area contributed by atoms with Gasteiger partial charge in [0.2, 0.25) is 0 Å². The Hall–Kier alpha value is -2.34. The van der Waals surface area contributed by atoms with E-state index in [1.54, 1.807) is 6.20 Å². The summed E-state index contributed by atoms with van der Waals surface area (Å²) < 4.78 is 1.84. The van der Waals surface area contributed by atoms with Gasteiger partial charge in [-0.2, -0.15) is 5.10 Å². The molecule has 3 rings (SSSR count). The lowest BCUT2D eigenvalue weighted by Crippen LogP contribution is -2.58. The summed E-state index contributed by atoms with van der Waals surface area (Å²) in [5, 5.41) is 20.2. The Labute approximate surface area is 161 Å². The molecule has 6 heteroatoms. The zero-order valence-corrected chi connectivity index (χ0v) is 16.4. The molecule has 1 heterocycles. The fourth-order valence-corrected chi connectivity index (χ4v) is 4.73. The molecule has 0 spiro atoms. The zero-order chi connectivity index (χ0) is 19.5. The summed E-state index contributed by atoms with van der Waals surface area (Å²) in [5.41, 5.74) is 1.31. The molecule has 1 aliphatic rings. The average Bonchev–Trinajstić information content (AvgIpc) is 3.06. The van der Waals surface area contributed by atoms with Crippen molar-refractivity contribution in [2.75, 3.05) is 11.9 Å². The smallest absolute Gasteiger partial charge is 0.319 e. The fraction of sp³-hybridized carbons (Fsp3) is 0.524. The number of amides is 2. The second kappa shape index (κ2) is 7.72. The first-order valence-corrected chi connectivity index (χ1v) is 9.56. The summed E-state index contributed by atoms with van der Waals surface area (Å²) in [5.74, 6) is 0.457. The lowest BCUT2D eigenvalue weighted by atomic mass is 9.64. The number of aromatic nitrogens is 2. The number of urea groups is 1. The number of benzene rings is 1. The molecule has 1 aromatic carbocycles. The van der Waals surface area contributed by atoms with Crippen molar-refractivity contribution in [2.45, 2.75) is 52.1 Å². The summed E-state index contributed by atoms with van der Waals surface area (Å²) >= 11 is 0. The predicted molar refractivity (Wildman–Crippen MR) is 107 cm³/mol. The summed E-state index contributed by atoms with van der Waals surface area (Å²) in [4.78, 5) is 12.6. The number of aliphatic hydroxyl groups is 1. The van der Waals surface area contributed by atoms with Gasteiger partial charge in [-0.1, -0.05) is 32.9 Å². The number of hydrogen-bond donors (Lipinski definition) is 3. The number of anilines is 1. The van der Waals surface area contributed by atoms with Crippen molar-refractivity contribution in [3.05, 3.63) is 48.3 Å². The van der Waals surface area contributed by atoms with Crippen molar-refractivity contribution < 1.29 is 9.90 Å². The van der Waals surface area contributed by atoms with Crippen molar-refractivity contribution in [3.63, 3.8) is 0 Å². The average molecular weight is 370 g/mol. The molecule has 2 amide bonds. The van der Waals surface area contributed by atoms with Crippen LogP contribution in [0.25, 0.3) is 0 Å². The summed E-state index contributed by atoms with van der Waals surface area (Å²) in [7, 11) is 0. The Morgan fingerprint density at radius 2 is 2.15 bits per heavy atom. The van der Waals surface area contributed by atoms with Crippen LogP contribution in [0, 0.1) is 11.3 Å². The van der Waals surface area contributed by atoms with Gasteiger partial charge in [0.25, 0.3) is 0 Å². The molecule has 1 aliphatic carbocycles. The van der Waals surface area contributed by atoms with Crippen LogP contribution in [-0.4, -0.2) is 33.1 Å². The van der Waals surface area contributed by atoms with Crippen LogP contribution in [0.5, 0.6) is 0 Å². The molecule has 1 fully saturated rings. The number of nitrogens with one attached hydrogen (secondary N) is 2. The van der Waals surface area contributed by atoms with Gasteiger partial charge < -0.3 is 15.7 Å². The predicted octanol–water partition coefficient (Wildman–Crippen LogP) is 3.63. The second-order valence-corrected chi connectivity index (χ2v) is 8.78. The van der Waals surface area contributed by atoms with Gasteiger partial charge in [0.15, 0.2) is 0 Å². The first kappa shape index (κ1) is 19.4. The molecular formula is C21H30N4O2. The Bertz CT molecular complexity index is 772. The van der Waals surface area contributed by atoms with Gasteiger partial charge in [-0.25, -0.2) is 4.79 Å². The van der Waals surface area contributed by atoms with E-state index in [1.165, 1.54) is 0 Å². The van der Waals surface area contributed by atoms with Crippen molar-refractivity contribution in [2.24, 2.45) is 11.3 Å². The van der Waals surface area contributed by atoms with E-state index in [0.717, 1.165) is 30.5 Å². The van der Waals surface area contributed by atoms with Crippen LogP contribution in [0.4, 0.5) is 10.5 Å². The molecule has 2 aromatic rings. The topological polar surface area (TPSA) is 79.2 Å². The van der Waals surface area contributed by atoms with Gasteiger partial charge in [-0.15, -0.1) is 0 Å². The van der Waals surface area contributed by atoms with E-state index in [1.807, 2.05) is 41.2 Å². The SMILES string of the molecule is C[C@H]1CC(C)(C)C[C@@](CO)(NC(=O)Nc2cccc(Cn3cccn3)c2)C1. The van der Waals surface area contributed by atoms with Gasteiger partial charge in [-0.05, 0) is 54.4 Å². The quantitative estimate of drug-likeness (QED) is 0.752. The maximum Gasteiger partial charge on any atom is 0.319 e. The number of aliphatic hydroxyl groups excluding tert-OH is 1. The van der Waals surface area contributed by atoms with E-state index in [9.17, 15) is 9.90 Å². The molecule has 0 bridgehead atoms. The van der Waals surface area contributed by atoms with E-state index in [4.69, 9.17) is 0 Å². The lowest BCUT2D eigenvalue weighted by Gasteiger charge is -2.47. The van der Waals surface area contributed by atoms with Crippen LogP contribution in [-0.2, 0) is 6.54 Å². The minimum Gasteiger partial charge on any atom is -0.394 e. The van der Waals surface area contributed by atoms with Crippen molar-refractivity contribution in [3.8, 4) is 0 Å². The molecule has 1 aromatic heterocycles. The van der Waals surface area contributed by atoms with Gasteiger partial charge in [0, 0.05) is 18.1 Å². The maximum atomic E-state index is 12.6. The van der Waals surface area contributed by atoms with Gasteiger partial charge >= 0.3 is 6.03 Å². The van der Waals surface area contributed by atoms with Crippen LogP contribution in [0.1, 0.15) is 45.6 Å². The summed E-state index contributed by atoms with van der Waals surface area (Å²) in [6.45, 7) is 7.18. The summed E-state index contributed by atoms with van der Waals surface area (Å²) in [6.07, 6.45) is 6.32. The number of hydrogen-bond acceptors (Lipinski definition) is 3. The van der Waals surface area contributed by atoms with Crippen LogP contribution in [0.3, 0.4) is 0 Å². The standard InChI is InChI=1S/C21H30N4O2/c1-16-11-20(2,3)14-21(12-16,15-26)24-19(27)23-18-7-4-6-17(10-18)13-25-9-5-8-22-25/h4-10,16,26H,11-15H2,1-3H3,(H2,23,24,27)/t16-,21-/m0/s1. The third-order valence-corrected chi connectivity index (χ3v) is 5.23. The lowest BCUT2D eigenvalue weighted by molar-refractivity contribution is 0.0446. The largest absolute Gasteiger partial charge is 0.394 e. The van der Waals surface area contributed by atoms with Crippen molar-refractivity contribution in [1.29, 1.82) is 0 Å². The number of carbonyl (C=O) groups is 1. The van der Waals surface area contributed by atoms with Crippen molar-refractivity contribution in [1.82, 2.24) is 15.1 Å². The monoisotopic (exact) mass is 370 g/mol. The van der Waals surface area contributed by atoms with E-state index < -0.39 is 5.54 Å². The molecule has 0 radical (unpaired) electrons. The molecule has 0 aliphatic heterocycles. The van der Waals surface area contributed by atoms with E-state index in [2.05, 4.69) is 36.5 Å². The molecule has 27 heavy (non-hydrogen) atoms. The molecule has 0 unspecified atom stereocenters. The third kappa shape index (κ3) is 5.10. The zero-order valence-electron chi connectivity index (χ0n) is 16.4. The normalized spacial score (nSPS) is 24.4. The van der Waals surface area contributed by atoms with E-state index in [-0.39, 0.29) is 18.1 Å². The molecule has 146 valence electrons. The molecular weight excluding hydrogens is 340 g/mol. The number of rotatable bonds is 5. The highest BCUT2D eigenvalue weighted by Crippen LogP contribution is 2.43. The highest BCUT2D eigenvalue weighted by atomic mass is 16.3. The third-order valence-electron chi connectivity index (χ3n) is 5.23. The number of nitrogens with zero attached hydrogens (tertiary/aromatic N) is 2. The van der Waals surface area contributed by atoms with E-state index >= 15 is 0 Å². The Morgan fingerprint density at radius 3 is 2.81 bits per heavy atom. The van der Waals surface area contributed by atoms with Gasteiger partial charge in [0.1, 0.15) is 0 Å². The van der Waals surface area contributed by atoms with Crippen LogP contribution in [0.2, 0.25) is 0 Å². The minimum atomic E-state index is -0.572. The van der Waals surface area contributed by atoms with Crippen LogP contribution in [0.15, 0.2) is 42.7 Å². The number of carbonyl (C=O) groups excluding carboxylic acids is 1. The first-order chi connectivity index (χ1) is 12.8. The highest BCUT2D eigenvalue weighted by Gasteiger charge is 2.43. The maximum absolute atomic E-state index is 12.6. The molecule has 0 saturated heterocycles. The fourth-order valence-electron chi connectivity index (χ4n) is 4.73. The Kier molecular flexibility index (Phi) is 5.56. The van der Waals surface area contributed by atoms with Crippen LogP contribution >= 0.6 is 0 Å². The second-order valence-electron chi connectivity index (χ2n) is 8.78. The molecule has 6 nitrogen and oxygen atoms in total. The Morgan fingerprint density at radius 1 is 1.33 bits per heavy atom. The van der Waals surface area contributed by atoms with Gasteiger partial charge in [0.05, 0.1) is 18.7 Å². The Balaban J connectivity index is 1.66. The van der Waals surface area contributed by atoms with E-state index in [0.29, 0.717) is 12.5 Å². The van der Waals surface area contributed by atoms with Crippen LogP contribution < -0.4 is 10.6 Å².